The normalized spacial score (nSPS) is 11.8. The first-order valence-electron chi connectivity index (χ1n) is 6.55. The van der Waals surface area contributed by atoms with Gasteiger partial charge in [-0.25, -0.2) is 28.1 Å². The van der Waals surface area contributed by atoms with Gasteiger partial charge in [0.2, 0.25) is 10.0 Å². The van der Waals surface area contributed by atoms with Crippen molar-refractivity contribution in [2.75, 3.05) is 14.2 Å². The van der Waals surface area contributed by atoms with Gasteiger partial charge in [-0.15, -0.1) is 0 Å². The largest absolute Gasteiger partial charge is 0.496 e. The second kappa shape index (κ2) is 6.17. The number of hydrogen-bond donors (Lipinski definition) is 2. The lowest BCUT2D eigenvalue weighted by molar-refractivity contribution is 0.416. The number of rotatable bonds is 4. The molecule has 11 heteroatoms. The van der Waals surface area contributed by atoms with E-state index in [0.717, 1.165) is 0 Å². The molecule has 2 heterocycles. The van der Waals surface area contributed by atoms with Crippen molar-refractivity contribution in [3.63, 3.8) is 0 Å². The van der Waals surface area contributed by atoms with Gasteiger partial charge in [-0.05, 0) is 13.1 Å². The van der Waals surface area contributed by atoms with Crippen molar-refractivity contribution in [2.24, 2.45) is 0 Å². The number of nitrogens with zero attached hydrogens (tertiary/aromatic N) is 3. The molecule has 0 atom stereocenters. The van der Waals surface area contributed by atoms with E-state index in [2.05, 4.69) is 24.7 Å². The summed E-state index contributed by atoms with van der Waals surface area (Å²) in [6.07, 6.45) is 1.44. The number of nitrogens with one attached hydrogen (secondary N) is 2. The molecule has 0 saturated carbocycles. The summed E-state index contributed by atoms with van der Waals surface area (Å²) in [5.74, 6) is 0.474. The number of sulfonamides is 1. The molecular formula is C13H11Cl2N5O3S. The summed E-state index contributed by atoms with van der Waals surface area (Å²) in [7, 11) is -1.06. The van der Waals surface area contributed by atoms with Crippen LogP contribution in [-0.2, 0) is 10.0 Å². The molecule has 126 valence electrons. The van der Waals surface area contributed by atoms with Crippen LogP contribution in [0.25, 0.3) is 22.6 Å². The highest BCUT2D eigenvalue weighted by Gasteiger charge is 2.22. The fraction of sp³-hybridized carbons (Fsp3) is 0.154. The lowest BCUT2D eigenvalue weighted by atomic mass is 10.2. The van der Waals surface area contributed by atoms with Crippen molar-refractivity contribution in [1.82, 2.24) is 24.7 Å². The number of fused-ring (bicyclic) bond motifs is 1. The molecule has 0 spiro atoms. The van der Waals surface area contributed by atoms with Gasteiger partial charge < -0.3 is 9.72 Å². The lowest BCUT2D eigenvalue weighted by Gasteiger charge is -2.12. The molecule has 8 nitrogen and oxygen atoms in total. The number of H-pyrrole nitrogens is 1. The van der Waals surface area contributed by atoms with Gasteiger partial charge in [0.1, 0.15) is 16.2 Å². The molecule has 0 bridgehead atoms. The topological polar surface area (TPSA) is 110 Å². The van der Waals surface area contributed by atoms with Crippen LogP contribution in [0.1, 0.15) is 0 Å². The van der Waals surface area contributed by atoms with E-state index in [4.69, 9.17) is 27.9 Å². The maximum Gasteiger partial charge on any atom is 0.241 e. The summed E-state index contributed by atoms with van der Waals surface area (Å²) in [5, 5.41) is 0.166. The number of imidazole rings is 1. The van der Waals surface area contributed by atoms with Crippen LogP contribution in [0.2, 0.25) is 10.2 Å². The molecule has 0 fully saturated rings. The molecule has 2 aromatic heterocycles. The third-order valence-electron chi connectivity index (χ3n) is 3.29. The fourth-order valence-electron chi connectivity index (χ4n) is 2.11. The summed E-state index contributed by atoms with van der Waals surface area (Å²) in [6.45, 7) is 0. The highest BCUT2D eigenvalue weighted by molar-refractivity contribution is 7.89. The van der Waals surface area contributed by atoms with Crippen LogP contribution in [0, 0.1) is 0 Å². The zero-order chi connectivity index (χ0) is 17.5. The summed E-state index contributed by atoms with van der Waals surface area (Å²) in [4.78, 5) is 15.2. The van der Waals surface area contributed by atoms with Gasteiger partial charge in [0, 0.05) is 6.07 Å². The zero-order valence-electron chi connectivity index (χ0n) is 12.5. The van der Waals surface area contributed by atoms with Gasteiger partial charge in [-0.3, -0.25) is 0 Å². The SMILES string of the molecule is CNS(=O)(=O)c1cc(-c2nc(Cl)c3[nH]cnc3n2)c(OC)cc1Cl. The van der Waals surface area contributed by atoms with Gasteiger partial charge in [-0.1, -0.05) is 23.2 Å². The van der Waals surface area contributed by atoms with Crippen LogP contribution < -0.4 is 9.46 Å². The Morgan fingerprint density at radius 2 is 2.00 bits per heavy atom. The third-order valence-corrected chi connectivity index (χ3v) is 5.45. The Bertz CT molecular complexity index is 1040. The second-order valence-electron chi connectivity index (χ2n) is 4.63. The van der Waals surface area contributed by atoms with Crippen molar-refractivity contribution < 1.29 is 13.2 Å². The van der Waals surface area contributed by atoms with Gasteiger partial charge in [0.15, 0.2) is 16.6 Å². The number of aromatic nitrogens is 4. The van der Waals surface area contributed by atoms with E-state index in [-0.39, 0.29) is 20.9 Å². The quantitative estimate of drug-likeness (QED) is 0.664. The summed E-state index contributed by atoms with van der Waals surface area (Å²) < 4.78 is 31.7. The van der Waals surface area contributed by atoms with Gasteiger partial charge in [0.05, 0.1) is 24.0 Å². The predicted molar refractivity (Wildman–Crippen MR) is 89.9 cm³/mol. The average molecular weight is 388 g/mol. The molecule has 0 aliphatic heterocycles. The van der Waals surface area contributed by atoms with Crippen molar-refractivity contribution in [2.45, 2.75) is 4.90 Å². The second-order valence-corrected chi connectivity index (χ2v) is 7.25. The predicted octanol–water partition coefficient (Wildman–Crippen LogP) is 2.24. The minimum absolute atomic E-state index is 0.0110. The monoisotopic (exact) mass is 387 g/mol. The standard InChI is InChI=1S/C13H11Cl2N5O3S/c1-16-24(21,22)9-3-6(8(23-2)4-7(9)14)12-19-11(15)10-13(20-12)18-5-17-10/h3-5,16H,1-2H3,(H,17,18,19,20). The Kier molecular flexibility index (Phi) is 4.35. The molecule has 3 aromatic rings. The van der Waals surface area contributed by atoms with Crippen molar-refractivity contribution >= 4 is 44.4 Å². The number of aromatic amines is 1. The van der Waals surface area contributed by atoms with E-state index < -0.39 is 10.0 Å². The lowest BCUT2D eigenvalue weighted by Crippen LogP contribution is -2.19. The minimum Gasteiger partial charge on any atom is -0.496 e. The first-order valence-corrected chi connectivity index (χ1v) is 8.79. The summed E-state index contributed by atoms with van der Waals surface area (Å²) >= 11 is 12.2. The Hall–Kier alpha value is -1.94. The maximum atomic E-state index is 12.1. The molecule has 2 N–H and O–H groups in total. The molecular weight excluding hydrogens is 377 g/mol. The Labute approximate surface area is 147 Å². The van der Waals surface area contributed by atoms with Gasteiger partial charge in [0.25, 0.3) is 0 Å². The highest BCUT2D eigenvalue weighted by Crippen LogP contribution is 2.36. The van der Waals surface area contributed by atoms with E-state index in [0.29, 0.717) is 22.5 Å². The molecule has 1 aromatic carbocycles. The molecule has 0 amide bonds. The van der Waals surface area contributed by atoms with Crippen molar-refractivity contribution in [3.8, 4) is 17.1 Å². The highest BCUT2D eigenvalue weighted by atomic mass is 35.5. The molecule has 0 aliphatic rings. The van der Waals surface area contributed by atoms with E-state index in [1.54, 1.807) is 0 Å². The van der Waals surface area contributed by atoms with E-state index in [9.17, 15) is 8.42 Å². The fourth-order valence-corrected chi connectivity index (χ4v) is 3.60. The smallest absolute Gasteiger partial charge is 0.241 e. The number of halogens is 2. The maximum absolute atomic E-state index is 12.1. The molecule has 24 heavy (non-hydrogen) atoms. The number of hydrogen-bond acceptors (Lipinski definition) is 6. The van der Waals surface area contributed by atoms with Crippen LogP contribution >= 0.6 is 23.2 Å². The van der Waals surface area contributed by atoms with E-state index >= 15 is 0 Å². The van der Waals surface area contributed by atoms with E-state index in [1.807, 2.05) is 0 Å². The van der Waals surface area contributed by atoms with Crippen LogP contribution in [0.15, 0.2) is 23.4 Å². The van der Waals surface area contributed by atoms with E-state index in [1.165, 1.54) is 32.6 Å². The minimum atomic E-state index is -3.77. The zero-order valence-corrected chi connectivity index (χ0v) is 14.8. The molecule has 0 saturated heterocycles. The molecule has 0 unspecified atom stereocenters. The summed E-state index contributed by atoms with van der Waals surface area (Å²) in [6, 6.07) is 2.71. The number of ether oxygens (including phenoxy) is 1. The molecule has 0 aliphatic carbocycles. The van der Waals surface area contributed by atoms with Crippen LogP contribution in [-0.4, -0.2) is 42.5 Å². The Morgan fingerprint density at radius 3 is 2.67 bits per heavy atom. The molecule has 0 radical (unpaired) electrons. The third kappa shape index (κ3) is 2.80. The number of methoxy groups -OCH3 is 1. The Morgan fingerprint density at radius 1 is 1.25 bits per heavy atom. The van der Waals surface area contributed by atoms with Gasteiger partial charge >= 0.3 is 0 Å². The van der Waals surface area contributed by atoms with Gasteiger partial charge in [-0.2, -0.15) is 0 Å². The van der Waals surface area contributed by atoms with Crippen molar-refractivity contribution in [3.05, 3.63) is 28.6 Å². The molecule has 3 rings (SSSR count). The van der Waals surface area contributed by atoms with Crippen molar-refractivity contribution in [1.29, 1.82) is 0 Å². The van der Waals surface area contributed by atoms with Crippen LogP contribution in [0.4, 0.5) is 0 Å². The number of benzene rings is 1. The summed E-state index contributed by atoms with van der Waals surface area (Å²) in [5.41, 5.74) is 1.15. The average Bonchev–Trinajstić information content (AvgIpc) is 3.03. The first kappa shape index (κ1) is 16.9. The van der Waals surface area contributed by atoms with Crippen LogP contribution in [0.5, 0.6) is 5.75 Å². The first-order chi connectivity index (χ1) is 11.4. The van der Waals surface area contributed by atoms with Crippen LogP contribution in [0.3, 0.4) is 0 Å². The Balaban J connectivity index is 2.30.